The number of esters is 1. The maximum Gasteiger partial charge on any atom is 0.333 e. The predicted octanol–water partition coefficient (Wildman–Crippen LogP) is 5.86. The van der Waals surface area contributed by atoms with E-state index in [1.807, 2.05) is 13.0 Å². The van der Waals surface area contributed by atoms with Crippen molar-refractivity contribution >= 4 is 28.6 Å². The average molecular weight is 657 g/mol. The molecule has 4 heterocycles. The van der Waals surface area contributed by atoms with E-state index in [0.29, 0.717) is 40.5 Å². The maximum absolute atomic E-state index is 13.4. The van der Waals surface area contributed by atoms with Gasteiger partial charge in [0, 0.05) is 48.0 Å². The number of unbranched alkanes of at least 4 members (excludes halogenated alkanes) is 2. The molecule has 1 aromatic carbocycles. The molecule has 6 N–H and O–H groups in total. The van der Waals surface area contributed by atoms with Gasteiger partial charge >= 0.3 is 5.97 Å². The highest BCUT2D eigenvalue weighted by molar-refractivity contribution is 5.91. The van der Waals surface area contributed by atoms with Crippen molar-refractivity contribution in [2.24, 2.45) is 0 Å². The number of hydrogen-bond donors (Lipinski definition) is 4. The molecule has 0 saturated carbocycles. The standard InChI is InChI=1S/C37H44N4O7/c1-5-7-8-9-23(24-10-11-30(38)41-19-24)18-37(4)29(47-36(45)21(3)6-2)17-26-33(44)32-28(43)16-25(20-42)46-35(32)27(34(26)48-37)14-22-12-13-40-31(39)15-22/h6,10-13,15-16,19,23,29,42,44H,5,7-9,14,17-18,20H2,1-4H3,(H2,38,41)(H2,39,40)/b21-6-/t23-,29-,37+/m1/s1. The average Bonchev–Trinajstić information content (AvgIpc) is 3.06. The van der Waals surface area contributed by atoms with Crippen LogP contribution in [-0.4, -0.2) is 37.9 Å². The third-order valence-corrected chi connectivity index (χ3v) is 9.22. The first-order valence-electron chi connectivity index (χ1n) is 16.4. The molecule has 11 nitrogen and oxygen atoms in total. The number of aliphatic hydroxyl groups excluding tert-OH is 1. The van der Waals surface area contributed by atoms with Crippen LogP contribution in [0, 0.1) is 0 Å². The number of hydrogen-bond acceptors (Lipinski definition) is 11. The van der Waals surface area contributed by atoms with Crippen LogP contribution in [0.15, 0.2) is 63.6 Å². The number of anilines is 2. The Hall–Kier alpha value is -4.90. The molecule has 48 heavy (non-hydrogen) atoms. The number of nitrogens with two attached hydrogens (primary N) is 2. The Kier molecular flexibility index (Phi) is 10.4. The van der Waals surface area contributed by atoms with Crippen molar-refractivity contribution < 1.29 is 28.9 Å². The monoisotopic (exact) mass is 656 g/mol. The molecule has 0 saturated heterocycles. The number of phenolic OH excluding ortho intramolecular Hbond substituents is 1. The second-order valence-corrected chi connectivity index (χ2v) is 12.7. The highest BCUT2D eigenvalue weighted by atomic mass is 16.6. The normalized spacial score (nSPS) is 18.3. The van der Waals surface area contributed by atoms with E-state index >= 15 is 0 Å². The van der Waals surface area contributed by atoms with Crippen LogP contribution in [0.25, 0.3) is 11.0 Å². The lowest BCUT2D eigenvalue weighted by Gasteiger charge is -2.44. The molecule has 5 rings (SSSR count). The number of benzene rings is 1. The fourth-order valence-electron chi connectivity index (χ4n) is 6.44. The molecule has 0 unspecified atom stereocenters. The lowest BCUT2D eigenvalue weighted by Crippen LogP contribution is -2.52. The number of aliphatic hydroxyl groups is 1. The van der Waals surface area contributed by atoms with E-state index in [-0.39, 0.29) is 41.2 Å². The van der Waals surface area contributed by atoms with Crippen LogP contribution in [0.2, 0.25) is 0 Å². The summed E-state index contributed by atoms with van der Waals surface area (Å²) >= 11 is 0. The minimum absolute atomic E-state index is 0.0309. The van der Waals surface area contributed by atoms with E-state index in [9.17, 15) is 19.8 Å². The molecule has 1 aliphatic rings. The summed E-state index contributed by atoms with van der Waals surface area (Å²) in [5, 5.41) is 21.5. The van der Waals surface area contributed by atoms with Gasteiger partial charge in [-0.2, -0.15) is 0 Å². The van der Waals surface area contributed by atoms with Crippen LogP contribution in [0.1, 0.15) is 93.7 Å². The van der Waals surface area contributed by atoms with Crippen molar-refractivity contribution in [2.75, 3.05) is 11.5 Å². The van der Waals surface area contributed by atoms with Crippen molar-refractivity contribution in [3.8, 4) is 11.5 Å². The largest absolute Gasteiger partial charge is 0.507 e. The van der Waals surface area contributed by atoms with Gasteiger partial charge in [-0.3, -0.25) is 4.79 Å². The predicted molar refractivity (Wildman–Crippen MR) is 184 cm³/mol. The van der Waals surface area contributed by atoms with E-state index in [1.54, 1.807) is 50.5 Å². The second kappa shape index (κ2) is 14.5. The lowest BCUT2D eigenvalue weighted by atomic mass is 9.77. The fraction of sp³-hybridized carbons (Fsp3) is 0.405. The minimum atomic E-state index is -1.10. The van der Waals surface area contributed by atoms with E-state index in [0.717, 1.165) is 42.9 Å². The Morgan fingerprint density at radius 3 is 2.65 bits per heavy atom. The van der Waals surface area contributed by atoms with Crippen LogP contribution < -0.4 is 21.6 Å². The Labute approximate surface area is 279 Å². The number of carbonyl (C=O) groups excluding carboxylic acids is 1. The summed E-state index contributed by atoms with van der Waals surface area (Å²) in [5.41, 5.74) is 13.4. The van der Waals surface area contributed by atoms with Crippen molar-refractivity contribution in [3.05, 3.63) is 92.6 Å². The number of nitrogens with zero attached hydrogens (tertiary/aromatic N) is 2. The summed E-state index contributed by atoms with van der Waals surface area (Å²) in [6.07, 6.45) is 8.83. The molecule has 0 amide bonds. The third-order valence-electron chi connectivity index (χ3n) is 9.22. The van der Waals surface area contributed by atoms with E-state index < -0.39 is 29.7 Å². The van der Waals surface area contributed by atoms with Gasteiger partial charge in [-0.15, -0.1) is 0 Å². The number of allylic oxidation sites excluding steroid dienone is 1. The third kappa shape index (κ3) is 7.16. The Morgan fingerprint density at radius 2 is 1.98 bits per heavy atom. The first kappa shape index (κ1) is 34.4. The van der Waals surface area contributed by atoms with E-state index in [2.05, 4.69) is 16.9 Å². The van der Waals surface area contributed by atoms with E-state index in [4.69, 9.17) is 25.4 Å². The number of fused-ring (bicyclic) bond motifs is 2. The van der Waals surface area contributed by atoms with Crippen LogP contribution in [0.5, 0.6) is 11.5 Å². The highest BCUT2D eigenvalue weighted by Gasteiger charge is 2.47. The topological polar surface area (TPSA) is 184 Å². The van der Waals surface area contributed by atoms with Gasteiger partial charge in [0.2, 0.25) is 0 Å². The Morgan fingerprint density at radius 1 is 1.19 bits per heavy atom. The second-order valence-electron chi connectivity index (χ2n) is 12.7. The number of rotatable bonds is 12. The number of phenols is 1. The maximum atomic E-state index is 13.4. The van der Waals surface area contributed by atoms with Crippen molar-refractivity contribution in [2.45, 2.75) is 96.9 Å². The zero-order chi connectivity index (χ0) is 34.6. The summed E-state index contributed by atoms with van der Waals surface area (Å²) < 4.78 is 19.2. The SMILES string of the molecule is C/C=C(/C)C(=O)O[C@@H]1Cc2c(c(Cc3ccnc(N)c3)c3oc(CO)cc(=O)c3c2O)O[C@@]1(C)C[C@@H](CCCCC)c1ccc(N)nc1. The summed E-state index contributed by atoms with van der Waals surface area (Å²) in [6, 6.07) is 8.40. The summed E-state index contributed by atoms with van der Waals surface area (Å²) in [7, 11) is 0. The number of ether oxygens (including phenoxy) is 2. The molecule has 3 atom stereocenters. The first-order chi connectivity index (χ1) is 23.0. The Bertz CT molecular complexity index is 1890. The molecule has 0 spiro atoms. The van der Waals surface area contributed by atoms with Gasteiger partial charge in [0.25, 0.3) is 0 Å². The van der Waals surface area contributed by atoms with Gasteiger partial charge < -0.3 is 35.6 Å². The minimum Gasteiger partial charge on any atom is -0.507 e. The van der Waals surface area contributed by atoms with E-state index in [1.165, 1.54) is 0 Å². The van der Waals surface area contributed by atoms with Crippen molar-refractivity contribution in [3.63, 3.8) is 0 Å². The number of aromatic hydroxyl groups is 1. The Balaban J connectivity index is 1.71. The molecule has 0 radical (unpaired) electrons. The first-order valence-corrected chi connectivity index (χ1v) is 16.4. The zero-order valence-electron chi connectivity index (χ0n) is 27.9. The summed E-state index contributed by atoms with van der Waals surface area (Å²) in [4.78, 5) is 35.1. The van der Waals surface area contributed by atoms with Gasteiger partial charge in [-0.25, -0.2) is 14.8 Å². The molecule has 0 fully saturated rings. The van der Waals surface area contributed by atoms with Gasteiger partial charge in [0.1, 0.15) is 58.2 Å². The quantitative estimate of drug-likeness (QED) is 0.0813. The van der Waals surface area contributed by atoms with Gasteiger partial charge in [-0.1, -0.05) is 38.3 Å². The molecule has 1 aliphatic heterocycles. The lowest BCUT2D eigenvalue weighted by molar-refractivity contribution is -0.159. The smallest absolute Gasteiger partial charge is 0.333 e. The van der Waals surface area contributed by atoms with Crippen LogP contribution in [-0.2, 0) is 29.0 Å². The van der Waals surface area contributed by atoms with Crippen molar-refractivity contribution in [1.29, 1.82) is 0 Å². The number of nitrogen functional groups attached to an aromatic ring is 2. The molecule has 4 aromatic rings. The summed E-state index contributed by atoms with van der Waals surface area (Å²) in [6.45, 7) is 6.98. The molecular weight excluding hydrogens is 612 g/mol. The zero-order valence-corrected chi connectivity index (χ0v) is 27.9. The molecule has 11 heteroatoms. The molecule has 254 valence electrons. The van der Waals surface area contributed by atoms with Crippen LogP contribution in [0.4, 0.5) is 11.6 Å². The number of carbonyl (C=O) groups is 1. The van der Waals surface area contributed by atoms with Gasteiger partial charge in [0.05, 0.1) is 0 Å². The fourth-order valence-corrected chi connectivity index (χ4v) is 6.44. The highest BCUT2D eigenvalue weighted by Crippen LogP contribution is 2.49. The van der Waals surface area contributed by atoms with Gasteiger partial charge in [-0.05, 0) is 68.9 Å². The number of aromatic nitrogens is 2. The van der Waals surface area contributed by atoms with Crippen molar-refractivity contribution in [1.82, 2.24) is 9.97 Å². The summed E-state index contributed by atoms with van der Waals surface area (Å²) in [5.74, 6) is 0.251. The molecule has 0 bridgehead atoms. The van der Waals surface area contributed by atoms with Crippen LogP contribution >= 0.6 is 0 Å². The van der Waals surface area contributed by atoms with Gasteiger partial charge in [0.15, 0.2) is 5.43 Å². The molecule has 3 aromatic heterocycles. The van der Waals surface area contributed by atoms with Crippen LogP contribution in [0.3, 0.4) is 0 Å². The molecule has 0 aliphatic carbocycles. The number of pyridine rings is 2. The molecular formula is C37H44N4O7.